The standard InChI is InChI=1S/C28H32O6/c1-3-33-22-11-9-18(10-12-22)13-20-14-21(19-7-5-4-6-8-19)15-23(17(20)2)28-27(32)26(31)25(30)24(16-29)34-28/h4-12,14-15,24-32H,3,13,16H2,1-2H3/t24-,25-,26+,27-,28+/m1/s1. The minimum absolute atomic E-state index is 0.460. The second kappa shape index (κ2) is 10.7. The highest BCUT2D eigenvalue weighted by Crippen LogP contribution is 2.38. The summed E-state index contributed by atoms with van der Waals surface area (Å²) in [6.07, 6.45) is -5.34. The Hall–Kier alpha value is -2.74. The fraction of sp³-hybridized carbons (Fsp3) is 0.357. The molecule has 3 aromatic rings. The van der Waals surface area contributed by atoms with Crippen molar-refractivity contribution in [1.29, 1.82) is 0 Å². The topological polar surface area (TPSA) is 99.4 Å². The number of aliphatic hydroxyl groups is 4. The van der Waals surface area contributed by atoms with Gasteiger partial charge in [-0.3, -0.25) is 0 Å². The van der Waals surface area contributed by atoms with Gasteiger partial charge in [-0.25, -0.2) is 0 Å². The number of hydrogen-bond donors (Lipinski definition) is 4. The van der Waals surface area contributed by atoms with E-state index >= 15 is 0 Å². The quantitative estimate of drug-likeness (QED) is 0.429. The largest absolute Gasteiger partial charge is 0.494 e. The van der Waals surface area contributed by atoms with Crippen LogP contribution >= 0.6 is 0 Å². The molecule has 1 aliphatic heterocycles. The molecule has 0 amide bonds. The molecule has 1 saturated heterocycles. The molecule has 6 nitrogen and oxygen atoms in total. The molecular weight excluding hydrogens is 432 g/mol. The molecule has 1 heterocycles. The van der Waals surface area contributed by atoms with Crippen molar-refractivity contribution in [3.63, 3.8) is 0 Å². The zero-order valence-corrected chi connectivity index (χ0v) is 19.5. The second-order valence-electron chi connectivity index (χ2n) is 8.72. The third-order valence-corrected chi connectivity index (χ3v) is 6.49. The molecule has 0 spiro atoms. The summed E-state index contributed by atoms with van der Waals surface area (Å²) in [4.78, 5) is 0. The monoisotopic (exact) mass is 464 g/mol. The zero-order valence-electron chi connectivity index (χ0n) is 19.5. The zero-order chi connectivity index (χ0) is 24.2. The van der Waals surface area contributed by atoms with E-state index in [2.05, 4.69) is 6.07 Å². The molecule has 0 aliphatic carbocycles. The third kappa shape index (κ3) is 5.02. The van der Waals surface area contributed by atoms with Gasteiger partial charge in [0.25, 0.3) is 0 Å². The fourth-order valence-electron chi connectivity index (χ4n) is 4.52. The molecule has 0 bridgehead atoms. The Bertz CT molecular complexity index is 1080. The minimum atomic E-state index is -1.43. The summed E-state index contributed by atoms with van der Waals surface area (Å²) in [6, 6.07) is 22.0. The molecule has 0 aromatic heterocycles. The number of ether oxygens (including phenoxy) is 2. The van der Waals surface area contributed by atoms with Crippen molar-refractivity contribution >= 4 is 0 Å². The molecule has 0 radical (unpaired) electrons. The van der Waals surface area contributed by atoms with Crippen molar-refractivity contribution in [3.8, 4) is 16.9 Å². The Kier molecular flexibility index (Phi) is 7.66. The van der Waals surface area contributed by atoms with Crippen LogP contribution in [0.4, 0.5) is 0 Å². The lowest BCUT2D eigenvalue weighted by molar-refractivity contribution is -0.231. The molecule has 0 unspecified atom stereocenters. The van der Waals surface area contributed by atoms with Gasteiger partial charge >= 0.3 is 0 Å². The second-order valence-corrected chi connectivity index (χ2v) is 8.72. The van der Waals surface area contributed by atoms with Crippen LogP contribution < -0.4 is 4.74 Å². The van der Waals surface area contributed by atoms with Crippen LogP contribution in [0.15, 0.2) is 66.7 Å². The van der Waals surface area contributed by atoms with Gasteiger partial charge in [0.05, 0.1) is 13.2 Å². The summed E-state index contributed by atoms with van der Waals surface area (Å²) in [5.41, 5.74) is 5.78. The smallest absolute Gasteiger partial charge is 0.119 e. The van der Waals surface area contributed by atoms with Gasteiger partial charge in [0, 0.05) is 0 Å². The van der Waals surface area contributed by atoms with Gasteiger partial charge in [-0.1, -0.05) is 48.5 Å². The maximum absolute atomic E-state index is 10.8. The average molecular weight is 465 g/mol. The molecule has 180 valence electrons. The summed E-state index contributed by atoms with van der Waals surface area (Å²) in [5, 5.41) is 41.1. The predicted octanol–water partition coefficient (Wildman–Crippen LogP) is 3.17. The van der Waals surface area contributed by atoms with Crippen LogP contribution in [-0.2, 0) is 11.2 Å². The molecular formula is C28H32O6. The lowest BCUT2D eigenvalue weighted by atomic mass is 9.85. The Morgan fingerprint density at radius 3 is 2.21 bits per heavy atom. The number of hydrogen-bond acceptors (Lipinski definition) is 6. The van der Waals surface area contributed by atoms with Gasteiger partial charge in [-0.05, 0) is 71.8 Å². The number of rotatable bonds is 7. The van der Waals surface area contributed by atoms with Gasteiger partial charge in [0.2, 0.25) is 0 Å². The van der Waals surface area contributed by atoms with Crippen LogP contribution in [-0.4, -0.2) is 58.1 Å². The Labute approximate surface area is 200 Å². The first-order valence-electron chi connectivity index (χ1n) is 11.6. The maximum atomic E-state index is 10.8. The fourth-order valence-corrected chi connectivity index (χ4v) is 4.52. The molecule has 0 saturated carbocycles. The SMILES string of the molecule is CCOc1ccc(Cc2cc(-c3ccccc3)cc([C@@H]3O[C@H](CO)[C@@H](O)[C@H](O)[C@H]3O)c2C)cc1. The van der Waals surface area contributed by atoms with Crippen LogP contribution in [0.2, 0.25) is 0 Å². The van der Waals surface area contributed by atoms with Crippen molar-refractivity contribution < 1.29 is 29.9 Å². The molecule has 34 heavy (non-hydrogen) atoms. The molecule has 5 atom stereocenters. The highest BCUT2D eigenvalue weighted by Gasteiger charge is 2.44. The van der Waals surface area contributed by atoms with E-state index < -0.39 is 37.1 Å². The van der Waals surface area contributed by atoms with E-state index in [4.69, 9.17) is 9.47 Å². The molecule has 3 aromatic carbocycles. The molecule has 4 N–H and O–H groups in total. The van der Waals surface area contributed by atoms with Gasteiger partial charge < -0.3 is 29.9 Å². The Morgan fingerprint density at radius 2 is 1.56 bits per heavy atom. The molecule has 4 rings (SSSR count). The van der Waals surface area contributed by atoms with Crippen LogP contribution in [0.3, 0.4) is 0 Å². The number of benzene rings is 3. The summed E-state index contributed by atoms with van der Waals surface area (Å²) in [5.74, 6) is 0.822. The highest BCUT2D eigenvalue weighted by atomic mass is 16.5. The lowest BCUT2D eigenvalue weighted by Gasteiger charge is -2.41. The van der Waals surface area contributed by atoms with Crippen LogP contribution in [0, 0.1) is 6.92 Å². The first-order valence-corrected chi connectivity index (χ1v) is 11.6. The summed E-state index contributed by atoms with van der Waals surface area (Å²) < 4.78 is 11.5. The summed E-state index contributed by atoms with van der Waals surface area (Å²) >= 11 is 0. The third-order valence-electron chi connectivity index (χ3n) is 6.49. The van der Waals surface area contributed by atoms with Crippen LogP contribution in [0.25, 0.3) is 11.1 Å². The van der Waals surface area contributed by atoms with Crippen molar-refractivity contribution in [3.05, 3.63) is 89.0 Å². The lowest BCUT2D eigenvalue weighted by Crippen LogP contribution is -2.55. The first-order chi connectivity index (χ1) is 16.4. The van der Waals surface area contributed by atoms with Crippen molar-refractivity contribution in [2.75, 3.05) is 13.2 Å². The average Bonchev–Trinajstić information content (AvgIpc) is 2.86. The van der Waals surface area contributed by atoms with E-state index in [0.29, 0.717) is 13.0 Å². The normalized spacial score (nSPS) is 24.7. The highest BCUT2D eigenvalue weighted by molar-refractivity contribution is 5.67. The van der Waals surface area contributed by atoms with E-state index in [0.717, 1.165) is 39.1 Å². The maximum Gasteiger partial charge on any atom is 0.119 e. The van der Waals surface area contributed by atoms with Crippen LogP contribution in [0.5, 0.6) is 5.75 Å². The van der Waals surface area contributed by atoms with E-state index in [-0.39, 0.29) is 0 Å². The van der Waals surface area contributed by atoms with E-state index in [1.165, 1.54) is 0 Å². The molecule has 6 heteroatoms. The number of aliphatic hydroxyl groups excluding tert-OH is 4. The predicted molar refractivity (Wildman–Crippen MR) is 130 cm³/mol. The summed E-state index contributed by atoms with van der Waals surface area (Å²) in [6.45, 7) is 4.07. The first kappa shape index (κ1) is 24.4. The minimum Gasteiger partial charge on any atom is -0.494 e. The Morgan fingerprint density at radius 1 is 0.853 bits per heavy atom. The van der Waals surface area contributed by atoms with Gasteiger partial charge in [-0.2, -0.15) is 0 Å². The van der Waals surface area contributed by atoms with Crippen molar-refractivity contribution in [2.45, 2.75) is 50.8 Å². The molecule has 1 aliphatic rings. The van der Waals surface area contributed by atoms with Gasteiger partial charge in [-0.15, -0.1) is 0 Å². The van der Waals surface area contributed by atoms with E-state index in [1.807, 2.05) is 74.5 Å². The van der Waals surface area contributed by atoms with Crippen molar-refractivity contribution in [1.82, 2.24) is 0 Å². The van der Waals surface area contributed by atoms with Crippen LogP contribution in [0.1, 0.15) is 35.3 Å². The van der Waals surface area contributed by atoms with Crippen molar-refractivity contribution in [2.24, 2.45) is 0 Å². The van der Waals surface area contributed by atoms with E-state index in [9.17, 15) is 20.4 Å². The Balaban J connectivity index is 1.76. The van der Waals surface area contributed by atoms with E-state index in [1.54, 1.807) is 0 Å². The van der Waals surface area contributed by atoms with Gasteiger partial charge in [0.1, 0.15) is 36.3 Å². The van der Waals surface area contributed by atoms with Gasteiger partial charge in [0.15, 0.2) is 0 Å². The molecule has 1 fully saturated rings. The summed E-state index contributed by atoms with van der Waals surface area (Å²) in [7, 11) is 0.